The average Bonchev–Trinajstić information content (AvgIpc) is 2.66. The number of nitrogens with zero attached hydrogens (tertiary/aromatic N) is 3. The van der Waals surface area contributed by atoms with E-state index in [1.165, 1.54) is 18.5 Å². The molecule has 5 nitrogen and oxygen atoms in total. The second-order valence-electron chi connectivity index (χ2n) is 6.03. The van der Waals surface area contributed by atoms with Crippen LogP contribution in [0.3, 0.4) is 0 Å². The van der Waals surface area contributed by atoms with Crippen LogP contribution in [0, 0.1) is 24.6 Å². The highest BCUT2D eigenvalue weighted by molar-refractivity contribution is 7.90. The summed E-state index contributed by atoms with van der Waals surface area (Å²) < 4.78 is 64.6. The van der Waals surface area contributed by atoms with E-state index in [0.29, 0.717) is 22.9 Å². The van der Waals surface area contributed by atoms with Crippen LogP contribution >= 0.6 is 11.6 Å². The largest absolute Gasteiger partial charge is 0.308 e. The fraction of sp³-hybridized carbons (Fsp3) is 0.105. The quantitative estimate of drug-likeness (QED) is 0.335. The van der Waals surface area contributed by atoms with Gasteiger partial charge in [-0.15, -0.1) is 0 Å². The maximum atomic E-state index is 13.6. The Morgan fingerprint density at radius 3 is 2.38 bits per heavy atom. The fourth-order valence-corrected chi connectivity index (χ4v) is 4.35. The first-order chi connectivity index (χ1) is 13.7. The molecule has 3 rings (SSSR count). The van der Waals surface area contributed by atoms with Crippen LogP contribution in [0.5, 0.6) is 0 Å². The molecule has 0 unspecified atom stereocenters. The smallest absolute Gasteiger partial charge is 0.256 e. The number of hydrogen-bond donors (Lipinski definition) is 0. The van der Waals surface area contributed by atoms with Crippen LogP contribution in [0.15, 0.2) is 41.6 Å². The molecule has 0 aliphatic rings. The predicted octanol–water partition coefficient (Wildman–Crippen LogP) is 4.40. The molecule has 150 valence electrons. The molecule has 0 spiro atoms. The molecule has 0 saturated heterocycles. The number of aryl methyl sites for hydroxylation is 1. The van der Waals surface area contributed by atoms with Gasteiger partial charge in [0.25, 0.3) is 0 Å². The molecule has 0 amide bonds. The predicted molar refractivity (Wildman–Crippen MR) is 102 cm³/mol. The summed E-state index contributed by atoms with van der Waals surface area (Å²) >= 11 is 5.66. The number of aromatic nitrogens is 3. The molecular weight excluding hydrogens is 427 g/mol. The highest BCUT2D eigenvalue weighted by atomic mass is 35.5. The second-order valence-corrected chi connectivity index (χ2v) is 8.36. The van der Waals surface area contributed by atoms with Crippen LogP contribution in [0.1, 0.15) is 22.5 Å². The lowest BCUT2D eigenvalue weighted by atomic mass is 10.1. The lowest BCUT2D eigenvalue weighted by molar-refractivity contribution is 0.505. The maximum absolute atomic E-state index is 13.6. The zero-order valence-electron chi connectivity index (χ0n) is 14.9. The summed E-state index contributed by atoms with van der Waals surface area (Å²) in [5, 5.41) is -0.789. The standard InChI is InChI=1S/C19H13ClF3N3O2S/c1-11-13(3-2-12-8-24-19(23)25-9-12)4-5-14(26-11)10-29(27,28)16-7-6-15(21)18(22)17(16)20/h2-9H,10H2,1H3/b3-2+. The van der Waals surface area contributed by atoms with Crippen molar-refractivity contribution in [2.75, 3.05) is 0 Å². The van der Waals surface area contributed by atoms with Gasteiger partial charge >= 0.3 is 6.08 Å². The van der Waals surface area contributed by atoms with Crippen molar-refractivity contribution in [2.24, 2.45) is 0 Å². The molecule has 0 fully saturated rings. The van der Waals surface area contributed by atoms with Crippen molar-refractivity contribution in [3.8, 4) is 0 Å². The highest BCUT2D eigenvalue weighted by Crippen LogP contribution is 2.28. The van der Waals surface area contributed by atoms with Gasteiger partial charge in [0.2, 0.25) is 0 Å². The second kappa shape index (κ2) is 8.30. The van der Waals surface area contributed by atoms with E-state index >= 15 is 0 Å². The summed E-state index contributed by atoms with van der Waals surface area (Å²) in [5.41, 5.74) is 2.02. The summed E-state index contributed by atoms with van der Waals surface area (Å²) in [4.78, 5) is 10.6. The van der Waals surface area contributed by atoms with Crippen molar-refractivity contribution in [1.29, 1.82) is 0 Å². The Morgan fingerprint density at radius 1 is 1.03 bits per heavy atom. The molecule has 3 aromatic rings. The molecule has 1 aromatic carbocycles. The molecule has 10 heteroatoms. The fourth-order valence-electron chi connectivity index (χ4n) is 2.50. The summed E-state index contributed by atoms with van der Waals surface area (Å²) in [6.07, 6.45) is 5.15. The minimum absolute atomic E-state index is 0.213. The molecular formula is C19H13ClF3N3O2S. The van der Waals surface area contributed by atoms with Gasteiger partial charge in [0.15, 0.2) is 21.5 Å². The summed E-state index contributed by atoms with van der Waals surface area (Å²) in [6.45, 7) is 1.68. The van der Waals surface area contributed by atoms with Gasteiger partial charge in [-0.25, -0.2) is 27.2 Å². The number of benzene rings is 1. The van der Waals surface area contributed by atoms with Crippen LogP contribution in [0.4, 0.5) is 13.2 Å². The van der Waals surface area contributed by atoms with Gasteiger partial charge in [-0.05, 0) is 30.7 Å². The van der Waals surface area contributed by atoms with Crippen LogP contribution < -0.4 is 0 Å². The normalized spacial score (nSPS) is 11.9. The van der Waals surface area contributed by atoms with E-state index in [0.717, 1.165) is 6.07 Å². The molecule has 0 N–H and O–H groups in total. The summed E-state index contributed by atoms with van der Waals surface area (Å²) in [7, 11) is -4.04. The SMILES string of the molecule is Cc1nc(CS(=O)(=O)c2ccc(F)c(F)c2Cl)ccc1/C=C/c1cnc(F)nc1. The molecule has 2 aromatic heterocycles. The molecule has 0 aliphatic carbocycles. The molecule has 0 radical (unpaired) electrons. The monoisotopic (exact) mass is 439 g/mol. The zero-order valence-corrected chi connectivity index (χ0v) is 16.5. The lowest BCUT2D eigenvalue weighted by Crippen LogP contribution is -2.09. The van der Waals surface area contributed by atoms with Crippen molar-refractivity contribution >= 4 is 33.6 Å². The molecule has 0 atom stereocenters. The molecule has 0 bridgehead atoms. The Balaban J connectivity index is 1.83. The Labute approximate surface area is 169 Å². The van der Waals surface area contributed by atoms with Gasteiger partial charge in [0, 0.05) is 23.7 Å². The molecule has 0 aliphatic heterocycles. The first kappa shape index (κ1) is 20.9. The van der Waals surface area contributed by atoms with E-state index in [9.17, 15) is 21.6 Å². The third-order valence-corrected chi connectivity index (χ3v) is 6.12. The zero-order chi connectivity index (χ0) is 21.2. The van der Waals surface area contributed by atoms with Crippen LogP contribution in [-0.2, 0) is 15.6 Å². The number of sulfone groups is 1. The number of hydrogen-bond acceptors (Lipinski definition) is 5. The van der Waals surface area contributed by atoms with Crippen LogP contribution in [-0.4, -0.2) is 23.4 Å². The van der Waals surface area contributed by atoms with Gasteiger partial charge in [-0.3, -0.25) is 4.98 Å². The third-order valence-electron chi connectivity index (χ3n) is 3.95. The lowest BCUT2D eigenvalue weighted by Gasteiger charge is -2.09. The van der Waals surface area contributed by atoms with Crippen LogP contribution in [0.2, 0.25) is 5.02 Å². The Bertz CT molecular complexity index is 1200. The molecule has 0 saturated carbocycles. The van der Waals surface area contributed by atoms with Crippen molar-refractivity contribution in [1.82, 2.24) is 15.0 Å². The van der Waals surface area contributed by atoms with Crippen molar-refractivity contribution in [2.45, 2.75) is 17.6 Å². The topological polar surface area (TPSA) is 72.8 Å². The van der Waals surface area contributed by atoms with E-state index in [2.05, 4.69) is 15.0 Å². The van der Waals surface area contributed by atoms with Gasteiger partial charge in [0.1, 0.15) is 0 Å². The minimum Gasteiger partial charge on any atom is -0.256 e. The van der Waals surface area contributed by atoms with Gasteiger partial charge in [0.05, 0.1) is 21.4 Å². The van der Waals surface area contributed by atoms with Crippen molar-refractivity contribution < 1.29 is 21.6 Å². The number of pyridine rings is 1. The van der Waals surface area contributed by atoms with E-state index in [-0.39, 0.29) is 5.69 Å². The number of rotatable bonds is 5. The average molecular weight is 440 g/mol. The first-order valence-corrected chi connectivity index (χ1v) is 10.2. The molecule has 29 heavy (non-hydrogen) atoms. The Hall–Kier alpha value is -2.78. The van der Waals surface area contributed by atoms with Gasteiger partial charge in [-0.2, -0.15) is 4.39 Å². The van der Waals surface area contributed by atoms with Crippen molar-refractivity contribution in [3.05, 3.63) is 81.9 Å². The Kier molecular flexibility index (Phi) is 5.99. The van der Waals surface area contributed by atoms with Crippen LogP contribution in [0.25, 0.3) is 12.2 Å². The molecule has 2 heterocycles. The highest BCUT2D eigenvalue weighted by Gasteiger charge is 2.23. The van der Waals surface area contributed by atoms with E-state index in [4.69, 9.17) is 11.6 Å². The number of halogens is 4. The van der Waals surface area contributed by atoms with E-state index in [1.807, 2.05) is 0 Å². The first-order valence-electron chi connectivity index (χ1n) is 8.16. The van der Waals surface area contributed by atoms with Crippen molar-refractivity contribution in [3.63, 3.8) is 0 Å². The maximum Gasteiger partial charge on any atom is 0.308 e. The van der Waals surface area contributed by atoms with Gasteiger partial charge in [-0.1, -0.05) is 29.8 Å². The Morgan fingerprint density at radius 2 is 1.72 bits per heavy atom. The summed E-state index contributed by atoms with van der Waals surface area (Å²) in [6, 6.07) is 4.78. The van der Waals surface area contributed by atoms with E-state index < -0.39 is 43.2 Å². The van der Waals surface area contributed by atoms with E-state index in [1.54, 1.807) is 25.1 Å². The van der Waals surface area contributed by atoms with Gasteiger partial charge < -0.3 is 0 Å². The summed E-state index contributed by atoms with van der Waals surface area (Å²) in [5.74, 6) is -3.18. The minimum atomic E-state index is -4.04. The third kappa shape index (κ3) is 4.80.